The van der Waals surface area contributed by atoms with Gasteiger partial charge in [0.1, 0.15) is 0 Å². The minimum Gasteiger partial charge on any atom is -0.493 e. The van der Waals surface area contributed by atoms with Gasteiger partial charge in [0.2, 0.25) is 0 Å². The molecule has 1 aromatic rings. The van der Waals surface area contributed by atoms with Crippen LogP contribution in [0.4, 0.5) is 4.79 Å². The number of ether oxygens (including phenoxy) is 2. The monoisotopic (exact) mass is 332 g/mol. The van der Waals surface area contributed by atoms with Crippen molar-refractivity contribution in [1.29, 1.82) is 0 Å². The summed E-state index contributed by atoms with van der Waals surface area (Å²) in [7, 11) is 1.68. The van der Waals surface area contributed by atoms with Gasteiger partial charge in [-0.2, -0.15) is 0 Å². The van der Waals surface area contributed by atoms with Crippen molar-refractivity contribution in [2.24, 2.45) is 5.92 Å². The molecule has 0 spiro atoms. The van der Waals surface area contributed by atoms with Crippen LogP contribution in [0.1, 0.15) is 50.5 Å². The lowest BCUT2D eigenvalue weighted by Crippen LogP contribution is -2.47. The van der Waals surface area contributed by atoms with E-state index in [0.29, 0.717) is 13.1 Å². The Labute approximate surface area is 144 Å². The molecule has 1 aliphatic heterocycles. The van der Waals surface area contributed by atoms with Gasteiger partial charge < -0.3 is 20.1 Å². The van der Waals surface area contributed by atoms with Crippen molar-refractivity contribution in [2.75, 3.05) is 20.2 Å². The lowest BCUT2D eigenvalue weighted by Gasteiger charge is -2.25. The normalized spacial score (nSPS) is 24.3. The average Bonchev–Trinajstić information content (AvgIpc) is 3.03. The predicted octanol–water partition coefficient (Wildman–Crippen LogP) is 3.44. The van der Waals surface area contributed by atoms with Crippen LogP contribution >= 0.6 is 0 Å². The third kappa shape index (κ3) is 3.94. The van der Waals surface area contributed by atoms with Gasteiger partial charge in [-0.25, -0.2) is 4.79 Å². The Bertz CT molecular complexity index is 566. The Morgan fingerprint density at radius 1 is 1.17 bits per heavy atom. The Kier molecular flexibility index (Phi) is 5.48. The summed E-state index contributed by atoms with van der Waals surface area (Å²) in [5, 5.41) is 5.70. The van der Waals surface area contributed by atoms with Crippen molar-refractivity contribution in [3.8, 4) is 11.5 Å². The van der Waals surface area contributed by atoms with Gasteiger partial charge >= 0.3 is 6.03 Å². The van der Waals surface area contributed by atoms with Gasteiger partial charge in [-0.05, 0) is 42.9 Å². The van der Waals surface area contributed by atoms with E-state index < -0.39 is 0 Å². The fourth-order valence-corrected chi connectivity index (χ4v) is 3.83. The number of hydrogen-bond acceptors (Lipinski definition) is 3. The molecule has 5 heteroatoms. The maximum atomic E-state index is 11.3. The minimum atomic E-state index is -0.0934. The molecule has 0 bridgehead atoms. The maximum absolute atomic E-state index is 11.3. The first kappa shape index (κ1) is 16.9. The SMILES string of the molecule is CCCC1CC[C@@H](Oc2cc(C3CNC(=O)NC3)ccc2OC)C1. The second-order valence-corrected chi connectivity index (χ2v) is 6.91. The van der Waals surface area contributed by atoms with Crippen molar-refractivity contribution in [3.63, 3.8) is 0 Å². The summed E-state index contributed by atoms with van der Waals surface area (Å²) in [6, 6.07) is 6.02. The van der Waals surface area contributed by atoms with Crippen molar-refractivity contribution in [1.82, 2.24) is 10.6 Å². The van der Waals surface area contributed by atoms with Crippen LogP contribution in [0.3, 0.4) is 0 Å². The number of carbonyl (C=O) groups excluding carboxylic acids is 1. The number of rotatable bonds is 6. The third-order valence-corrected chi connectivity index (χ3v) is 5.16. The zero-order valence-corrected chi connectivity index (χ0v) is 14.6. The predicted molar refractivity (Wildman–Crippen MR) is 93.8 cm³/mol. The van der Waals surface area contributed by atoms with E-state index in [1.807, 2.05) is 6.07 Å². The molecule has 1 aromatic carbocycles. The summed E-state index contributed by atoms with van der Waals surface area (Å²) >= 11 is 0. The number of urea groups is 1. The van der Waals surface area contributed by atoms with E-state index in [0.717, 1.165) is 30.3 Å². The molecular weight excluding hydrogens is 304 g/mol. The minimum absolute atomic E-state index is 0.0934. The quantitative estimate of drug-likeness (QED) is 0.839. The van der Waals surface area contributed by atoms with Crippen LogP contribution in [-0.4, -0.2) is 32.3 Å². The van der Waals surface area contributed by atoms with Crippen molar-refractivity contribution >= 4 is 6.03 Å². The topological polar surface area (TPSA) is 59.6 Å². The number of amides is 2. The summed E-state index contributed by atoms with van der Waals surface area (Å²) in [5.41, 5.74) is 1.17. The molecule has 132 valence electrons. The van der Waals surface area contributed by atoms with Crippen molar-refractivity contribution < 1.29 is 14.3 Å². The molecule has 5 nitrogen and oxygen atoms in total. The highest BCUT2D eigenvalue weighted by Gasteiger charge is 2.27. The first-order valence-corrected chi connectivity index (χ1v) is 9.05. The van der Waals surface area contributed by atoms with Crippen LogP contribution < -0.4 is 20.1 Å². The molecule has 24 heavy (non-hydrogen) atoms. The highest BCUT2D eigenvalue weighted by atomic mass is 16.5. The first-order chi connectivity index (χ1) is 11.7. The average molecular weight is 332 g/mol. The Morgan fingerprint density at radius 2 is 1.96 bits per heavy atom. The molecule has 2 fully saturated rings. The maximum Gasteiger partial charge on any atom is 0.314 e. The third-order valence-electron chi connectivity index (χ3n) is 5.16. The molecule has 2 N–H and O–H groups in total. The van der Waals surface area contributed by atoms with E-state index in [1.165, 1.54) is 24.8 Å². The lowest BCUT2D eigenvalue weighted by atomic mass is 9.97. The summed E-state index contributed by atoms with van der Waals surface area (Å²) < 4.78 is 11.8. The number of nitrogens with one attached hydrogen (secondary N) is 2. The van der Waals surface area contributed by atoms with Crippen LogP contribution in [0, 0.1) is 5.92 Å². The highest BCUT2D eigenvalue weighted by Crippen LogP contribution is 2.37. The van der Waals surface area contributed by atoms with Gasteiger partial charge in [0, 0.05) is 19.0 Å². The smallest absolute Gasteiger partial charge is 0.314 e. The zero-order chi connectivity index (χ0) is 16.9. The fraction of sp³-hybridized carbons (Fsp3) is 0.632. The van der Waals surface area contributed by atoms with Crippen molar-refractivity contribution in [3.05, 3.63) is 23.8 Å². The van der Waals surface area contributed by atoms with E-state index in [1.54, 1.807) is 7.11 Å². The largest absolute Gasteiger partial charge is 0.493 e. The Balaban J connectivity index is 1.69. The summed E-state index contributed by atoms with van der Waals surface area (Å²) in [4.78, 5) is 11.3. The van der Waals surface area contributed by atoms with Gasteiger partial charge in [0.05, 0.1) is 13.2 Å². The zero-order valence-electron chi connectivity index (χ0n) is 14.6. The second-order valence-electron chi connectivity index (χ2n) is 6.91. The number of methoxy groups -OCH3 is 1. The van der Waals surface area contributed by atoms with E-state index in [2.05, 4.69) is 29.7 Å². The number of benzene rings is 1. The summed E-state index contributed by atoms with van der Waals surface area (Å²) in [6.07, 6.45) is 6.36. The van der Waals surface area contributed by atoms with Crippen LogP contribution in [-0.2, 0) is 0 Å². The lowest BCUT2D eigenvalue weighted by molar-refractivity contribution is 0.194. The van der Waals surface area contributed by atoms with Crippen LogP contribution in [0.5, 0.6) is 11.5 Å². The van der Waals surface area contributed by atoms with Gasteiger partial charge in [-0.15, -0.1) is 0 Å². The molecule has 3 rings (SSSR count). The fourth-order valence-electron chi connectivity index (χ4n) is 3.83. The van der Waals surface area contributed by atoms with Crippen LogP contribution in [0.15, 0.2) is 18.2 Å². The molecule has 2 atom stereocenters. The molecule has 2 amide bonds. The molecule has 1 saturated carbocycles. The number of carbonyl (C=O) groups is 1. The van der Waals surface area contributed by atoms with E-state index in [4.69, 9.17) is 9.47 Å². The highest BCUT2D eigenvalue weighted by molar-refractivity contribution is 5.75. The standard InChI is InChI=1S/C19H28N2O3/c1-3-4-13-5-7-16(9-13)24-18-10-14(6-8-17(18)23-2)15-11-20-19(22)21-12-15/h6,8,10,13,15-16H,3-5,7,9,11-12H2,1-2H3,(H2,20,21,22)/t13?,16-/m1/s1. The van der Waals surface area contributed by atoms with Crippen LogP contribution in [0.2, 0.25) is 0 Å². The number of hydrogen-bond donors (Lipinski definition) is 2. The molecule has 1 unspecified atom stereocenters. The molecular formula is C19H28N2O3. The molecule has 0 aromatic heterocycles. The van der Waals surface area contributed by atoms with E-state index >= 15 is 0 Å². The van der Waals surface area contributed by atoms with Gasteiger partial charge in [-0.3, -0.25) is 0 Å². The van der Waals surface area contributed by atoms with Crippen LogP contribution in [0.25, 0.3) is 0 Å². The van der Waals surface area contributed by atoms with Crippen molar-refractivity contribution in [2.45, 2.75) is 51.0 Å². The molecule has 2 aliphatic rings. The van der Waals surface area contributed by atoms with Gasteiger partial charge in [0.15, 0.2) is 11.5 Å². The summed E-state index contributed by atoms with van der Waals surface area (Å²) in [5.74, 6) is 2.67. The molecule has 1 aliphatic carbocycles. The van der Waals surface area contributed by atoms with E-state index in [-0.39, 0.29) is 18.1 Å². The Morgan fingerprint density at radius 3 is 2.67 bits per heavy atom. The molecule has 0 radical (unpaired) electrons. The van der Waals surface area contributed by atoms with E-state index in [9.17, 15) is 4.79 Å². The molecule has 1 heterocycles. The van der Waals surface area contributed by atoms with Gasteiger partial charge in [0.25, 0.3) is 0 Å². The Hall–Kier alpha value is -1.91. The second kappa shape index (κ2) is 7.77. The summed E-state index contributed by atoms with van der Waals surface area (Å²) in [6.45, 7) is 3.55. The molecule has 1 saturated heterocycles. The first-order valence-electron chi connectivity index (χ1n) is 9.05. The van der Waals surface area contributed by atoms with Gasteiger partial charge in [-0.1, -0.05) is 25.8 Å².